The Hall–Kier alpha value is -0.180. The largest absolute Gasteiger partial charge is 0.312 e. The van der Waals surface area contributed by atoms with Gasteiger partial charge in [0.15, 0.2) is 0 Å². The lowest BCUT2D eigenvalue weighted by atomic mass is 9.87. The molecule has 0 aromatic heterocycles. The van der Waals surface area contributed by atoms with Crippen molar-refractivity contribution in [1.29, 1.82) is 0 Å². The van der Waals surface area contributed by atoms with Crippen molar-refractivity contribution in [2.45, 2.75) is 56.2 Å². The topological polar surface area (TPSA) is 12.0 Å². The zero-order valence-electron chi connectivity index (χ0n) is 12.1. The van der Waals surface area contributed by atoms with Crippen LogP contribution in [-0.2, 0) is 0 Å². The molecule has 2 unspecified atom stereocenters. The van der Waals surface area contributed by atoms with E-state index in [4.69, 9.17) is 11.6 Å². The van der Waals surface area contributed by atoms with E-state index in [1.165, 1.54) is 24.2 Å². The van der Waals surface area contributed by atoms with Crippen LogP contribution in [-0.4, -0.2) is 17.8 Å². The lowest BCUT2D eigenvalue weighted by Crippen LogP contribution is -2.43. The van der Waals surface area contributed by atoms with Gasteiger partial charge in [-0.3, -0.25) is 0 Å². The van der Waals surface area contributed by atoms with Gasteiger partial charge >= 0.3 is 0 Å². The molecule has 1 N–H and O–H groups in total. The minimum atomic E-state index is 0.383. The Morgan fingerprint density at radius 3 is 2.79 bits per heavy atom. The van der Waals surface area contributed by atoms with E-state index in [0.29, 0.717) is 16.7 Å². The summed E-state index contributed by atoms with van der Waals surface area (Å²) in [7, 11) is 0. The molecule has 2 atom stereocenters. The zero-order chi connectivity index (χ0) is 13.9. The van der Waals surface area contributed by atoms with E-state index in [1.54, 1.807) is 0 Å². The molecular formula is C16H24ClNS. The molecule has 1 aromatic carbocycles. The highest BCUT2D eigenvalue weighted by atomic mass is 35.5. The van der Waals surface area contributed by atoms with Crippen LogP contribution in [0.1, 0.15) is 40.0 Å². The van der Waals surface area contributed by atoms with Crippen LogP contribution in [0, 0.1) is 5.41 Å². The number of hydrogen-bond donors (Lipinski definition) is 1. The molecule has 0 bridgehead atoms. The second-order valence-corrected chi connectivity index (χ2v) is 7.73. The third kappa shape index (κ3) is 3.68. The molecule has 1 aliphatic carbocycles. The van der Waals surface area contributed by atoms with Crippen molar-refractivity contribution in [3.8, 4) is 0 Å². The molecule has 106 valence electrons. The fourth-order valence-corrected chi connectivity index (χ4v) is 4.65. The predicted molar refractivity (Wildman–Crippen MR) is 86.2 cm³/mol. The summed E-state index contributed by atoms with van der Waals surface area (Å²) in [5.74, 6) is 0. The van der Waals surface area contributed by atoms with E-state index in [1.807, 2.05) is 23.9 Å². The van der Waals surface area contributed by atoms with Crippen molar-refractivity contribution < 1.29 is 0 Å². The van der Waals surface area contributed by atoms with Gasteiger partial charge in [-0.15, -0.1) is 11.8 Å². The summed E-state index contributed by atoms with van der Waals surface area (Å²) in [5, 5.41) is 5.25. The number of hydrogen-bond acceptors (Lipinski definition) is 2. The molecule has 3 heteroatoms. The molecular weight excluding hydrogens is 274 g/mol. The Labute approximate surface area is 126 Å². The van der Waals surface area contributed by atoms with Gasteiger partial charge in [0.25, 0.3) is 0 Å². The molecule has 0 heterocycles. The Morgan fingerprint density at radius 2 is 2.11 bits per heavy atom. The van der Waals surface area contributed by atoms with Crippen LogP contribution < -0.4 is 5.32 Å². The third-order valence-corrected chi connectivity index (χ3v) is 5.88. The van der Waals surface area contributed by atoms with Gasteiger partial charge in [0.1, 0.15) is 0 Å². The summed E-state index contributed by atoms with van der Waals surface area (Å²) in [6, 6.07) is 8.77. The van der Waals surface area contributed by atoms with Gasteiger partial charge in [-0.2, -0.15) is 0 Å². The number of thioether (sulfide) groups is 1. The van der Waals surface area contributed by atoms with E-state index < -0.39 is 0 Å². The van der Waals surface area contributed by atoms with Crippen molar-refractivity contribution >= 4 is 23.4 Å². The second-order valence-electron chi connectivity index (χ2n) is 6.05. The van der Waals surface area contributed by atoms with E-state index >= 15 is 0 Å². The molecule has 1 nitrogen and oxygen atoms in total. The predicted octanol–water partition coefficient (Wildman–Crippen LogP) is 4.99. The second kappa shape index (κ2) is 6.51. The molecule has 0 saturated heterocycles. The van der Waals surface area contributed by atoms with Crippen molar-refractivity contribution in [3.05, 3.63) is 29.3 Å². The molecule has 2 rings (SSSR count). The minimum Gasteiger partial charge on any atom is -0.312 e. The number of nitrogens with one attached hydrogen (secondary N) is 1. The van der Waals surface area contributed by atoms with Crippen LogP contribution in [0.25, 0.3) is 0 Å². The quantitative estimate of drug-likeness (QED) is 0.822. The average molecular weight is 298 g/mol. The molecule has 1 saturated carbocycles. The lowest BCUT2D eigenvalue weighted by molar-refractivity contribution is 0.287. The number of halogens is 1. The van der Waals surface area contributed by atoms with Crippen LogP contribution in [0.3, 0.4) is 0 Å². The maximum Gasteiger partial charge on any atom is 0.0541 e. The van der Waals surface area contributed by atoms with Crippen molar-refractivity contribution in [1.82, 2.24) is 5.32 Å². The molecule has 0 aliphatic heterocycles. The van der Waals surface area contributed by atoms with E-state index in [-0.39, 0.29) is 0 Å². The standard InChI is InChI=1S/C16H24ClNS/c1-4-11-18-15-14(9-10-16(15,2)3)19-13-8-6-5-7-12(13)17/h5-8,14-15,18H,4,9-11H2,1-3H3. The maximum atomic E-state index is 6.28. The van der Waals surface area contributed by atoms with Crippen molar-refractivity contribution in [2.75, 3.05) is 6.54 Å². The fraction of sp³-hybridized carbons (Fsp3) is 0.625. The first-order valence-electron chi connectivity index (χ1n) is 7.19. The Kier molecular flexibility index (Phi) is 5.22. The highest BCUT2D eigenvalue weighted by Gasteiger charge is 2.41. The lowest BCUT2D eigenvalue weighted by Gasteiger charge is -2.31. The molecule has 1 aromatic rings. The Morgan fingerprint density at radius 1 is 1.37 bits per heavy atom. The van der Waals surface area contributed by atoms with Crippen LogP contribution >= 0.6 is 23.4 Å². The molecule has 0 amide bonds. The first-order valence-corrected chi connectivity index (χ1v) is 8.45. The summed E-state index contributed by atoms with van der Waals surface area (Å²) < 4.78 is 0. The molecule has 1 fully saturated rings. The number of benzene rings is 1. The Bertz CT molecular complexity index is 419. The molecule has 0 spiro atoms. The smallest absolute Gasteiger partial charge is 0.0541 e. The number of rotatable bonds is 5. The molecule has 19 heavy (non-hydrogen) atoms. The summed E-state index contributed by atoms with van der Waals surface area (Å²) >= 11 is 8.23. The first kappa shape index (κ1) is 15.2. The van der Waals surface area contributed by atoms with Gasteiger partial charge < -0.3 is 5.32 Å². The van der Waals surface area contributed by atoms with Crippen LogP contribution in [0.4, 0.5) is 0 Å². The molecule has 1 aliphatic rings. The van der Waals surface area contributed by atoms with E-state index in [2.05, 4.69) is 38.2 Å². The normalized spacial score (nSPS) is 25.7. The minimum absolute atomic E-state index is 0.383. The molecule has 0 radical (unpaired) electrons. The average Bonchev–Trinajstić information content (AvgIpc) is 2.65. The maximum absolute atomic E-state index is 6.28. The Balaban J connectivity index is 2.08. The van der Waals surface area contributed by atoms with Crippen LogP contribution in [0.2, 0.25) is 5.02 Å². The van der Waals surface area contributed by atoms with Gasteiger partial charge in [-0.05, 0) is 43.4 Å². The van der Waals surface area contributed by atoms with Gasteiger partial charge in [0.2, 0.25) is 0 Å². The van der Waals surface area contributed by atoms with Gasteiger partial charge in [-0.25, -0.2) is 0 Å². The highest BCUT2D eigenvalue weighted by molar-refractivity contribution is 8.00. The monoisotopic (exact) mass is 297 g/mol. The summed E-state index contributed by atoms with van der Waals surface area (Å²) in [6.07, 6.45) is 3.75. The first-order chi connectivity index (χ1) is 9.04. The van der Waals surface area contributed by atoms with Crippen LogP contribution in [0.5, 0.6) is 0 Å². The van der Waals surface area contributed by atoms with Crippen molar-refractivity contribution in [2.24, 2.45) is 5.41 Å². The van der Waals surface area contributed by atoms with Gasteiger partial charge in [-0.1, -0.05) is 44.5 Å². The van der Waals surface area contributed by atoms with E-state index in [9.17, 15) is 0 Å². The van der Waals surface area contributed by atoms with E-state index in [0.717, 1.165) is 11.6 Å². The highest BCUT2D eigenvalue weighted by Crippen LogP contribution is 2.46. The van der Waals surface area contributed by atoms with Gasteiger partial charge in [0.05, 0.1) is 5.02 Å². The third-order valence-electron chi connectivity index (χ3n) is 4.02. The zero-order valence-corrected chi connectivity index (χ0v) is 13.7. The summed E-state index contributed by atoms with van der Waals surface area (Å²) in [4.78, 5) is 1.22. The SMILES string of the molecule is CCCNC1C(Sc2ccccc2Cl)CCC1(C)C. The summed E-state index contributed by atoms with van der Waals surface area (Å²) in [5.41, 5.74) is 0.383. The van der Waals surface area contributed by atoms with Crippen LogP contribution in [0.15, 0.2) is 29.2 Å². The summed E-state index contributed by atoms with van der Waals surface area (Å²) in [6.45, 7) is 8.10. The fourth-order valence-electron chi connectivity index (χ4n) is 2.88. The van der Waals surface area contributed by atoms with Gasteiger partial charge in [0, 0.05) is 16.2 Å². The van der Waals surface area contributed by atoms with Crippen molar-refractivity contribution in [3.63, 3.8) is 0 Å².